The average Bonchev–Trinajstić information content (AvgIpc) is 2.58. The van der Waals surface area contributed by atoms with Crippen molar-refractivity contribution in [1.29, 1.82) is 0 Å². The fourth-order valence-corrected chi connectivity index (χ4v) is 2.33. The average molecular weight is 382 g/mol. The highest BCUT2D eigenvalue weighted by atomic mass is 35.5. The fourth-order valence-electron chi connectivity index (χ4n) is 1.98. The van der Waals surface area contributed by atoms with Crippen molar-refractivity contribution in [3.63, 3.8) is 0 Å². The summed E-state index contributed by atoms with van der Waals surface area (Å²) >= 11 is 12.0. The maximum Gasteiger partial charge on any atom is 0.347 e. The number of benzene rings is 2. The first-order chi connectivity index (χ1) is 11.9. The number of carbonyl (C=O) groups is 2. The van der Waals surface area contributed by atoms with Gasteiger partial charge in [0.25, 0.3) is 5.91 Å². The van der Waals surface area contributed by atoms with Crippen LogP contribution in [-0.2, 0) is 9.53 Å². The Bertz CT molecular complexity index is 762. The van der Waals surface area contributed by atoms with Crippen LogP contribution >= 0.6 is 23.2 Å². The number of amides is 1. The number of carbonyl (C=O) groups excluding carboxylic acids is 2. The van der Waals surface area contributed by atoms with Crippen LogP contribution in [0.5, 0.6) is 5.75 Å². The molecule has 5 nitrogen and oxygen atoms in total. The van der Waals surface area contributed by atoms with Gasteiger partial charge in [-0.25, -0.2) is 4.79 Å². The first-order valence-corrected chi connectivity index (χ1v) is 8.36. The molecule has 132 valence electrons. The summed E-state index contributed by atoms with van der Waals surface area (Å²) in [4.78, 5) is 23.8. The summed E-state index contributed by atoms with van der Waals surface area (Å²) in [6.45, 7) is 3.57. The molecule has 0 spiro atoms. The first kappa shape index (κ1) is 19.1. The normalized spacial score (nSPS) is 11.5. The molecular weight excluding hydrogens is 365 g/mol. The summed E-state index contributed by atoms with van der Waals surface area (Å²) in [6.07, 6.45) is -0.785. The van der Waals surface area contributed by atoms with E-state index in [1.54, 1.807) is 56.3 Å². The van der Waals surface area contributed by atoms with Crippen LogP contribution in [0, 0.1) is 0 Å². The summed E-state index contributed by atoms with van der Waals surface area (Å²) < 4.78 is 10.4. The lowest BCUT2D eigenvalue weighted by Gasteiger charge is -2.15. The lowest BCUT2D eigenvalue weighted by atomic mass is 10.2. The minimum absolute atomic E-state index is 0.269. The van der Waals surface area contributed by atoms with E-state index in [0.717, 1.165) is 0 Å². The maximum absolute atomic E-state index is 12.2. The predicted molar refractivity (Wildman–Crippen MR) is 97.6 cm³/mol. The highest BCUT2D eigenvalue weighted by Crippen LogP contribution is 2.29. The number of nitrogens with one attached hydrogen (secondary N) is 1. The van der Waals surface area contributed by atoms with Crippen molar-refractivity contribution in [3.05, 3.63) is 58.1 Å². The topological polar surface area (TPSA) is 64.6 Å². The maximum atomic E-state index is 12.2. The quantitative estimate of drug-likeness (QED) is 0.743. The number of rotatable bonds is 6. The number of esters is 1. The van der Waals surface area contributed by atoms with Crippen molar-refractivity contribution in [2.24, 2.45) is 0 Å². The molecule has 0 aliphatic rings. The molecule has 0 aliphatic carbocycles. The van der Waals surface area contributed by atoms with Crippen LogP contribution in [-0.4, -0.2) is 24.6 Å². The van der Waals surface area contributed by atoms with Crippen molar-refractivity contribution < 1.29 is 19.1 Å². The third-order valence-corrected chi connectivity index (χ3v) is 3.77. The summed E-state index contributed by atoms with van der Waals surface area (Å²) in [7, 11) is 0. The van der Waals surface area contributed by atoms with Gasteiger partial charge in [0.15, 0.2) is 6.10 Å². The predicted octanol–water partition coefficient (Wildman–Crippen LogP) is 4.58. The summed E-state index contributed by atoms with van der Waals surface area (Å²) in [6, 6.07) is 11.3. The Kier molecular flexibility index (Phi) is 6.67. The molecule has 0 radical (unpaired) electrons. The highest BCUT2D eigenvalue weighted by Gasteiger charge is 2.17. The number of hydrogen-bond donors (Lipinski definition) is 1. The van der Waals surface area contributed by atoms with Gasteiger partial charge in [-0.3, -0.25) is 4.79 Å². The molecule has 1 N–H and O–H groups in total. The lowest BCUT2D eigenvalue weighted by Crippen LogP contribution is -2.26. The molecule has 0 bridgehead atoms. The van der Waals surface area contributed by atoms with Gasteiger partial charge in [0.1, 0.15) is 5.75 Å². The Morgan fingerprint density at radius 1 is 1.12 bits per heavy atom. The van der Waals surface area contributed by atoms with Gasteiger partial charge in [-0.15, -0.1) is 0 Å². The zero-order valence-electron chi connectivity index (χ0n) is 13.7. The largest absolute Gasteiger partial charge is 0.477 e. The van der Waals surface area contributed by atoms with Crippen LogP contribution < -0.4 is 10.1 Å². The minimum atomic E-state index is -0.785. The summed E-state index contributed by atoms with van der Waals surface area (Å²) in [5.74, 6) is -0.438. The zero-order valence-corrected chi connectivity index (χ0v) is 15.2. The summed E-state index contributed by atoms with van der Waals surface area (Å²) in [5, 5.41) is 3.55. The molecule has 0 aliphatic heterocycles. The third kappa shape index (κ3) is 5.37. The Hall–Kier alpha value is -2.24. The molecule has 0 saturated heterocycles. The van der Waals surface area contributed by atoms with Crippen LogP contribution in [0.3, 0.4) is 0 Å². The van der Waals surface area contributed by atoms with E-state index < -0.39 is 12.1 Å². The molecule has 7 heteroatoms. The van der Waals surface area contributed by atoms with E-state index in [9.17, 15) is 9.59 Å². The molecule has 0 heterocycles. The Morgan fingerprint density at radius 2 is 1.80 bits per heavy atom. The van der Waals surface area contributed by atoms with Crippen LogP contribution in [0.4, 0.5) is 5.69 Å². The number of anilines is 1. The van der Waals surface area contributed by atoms with Gasteiger partial charge in [0.2, 0.25) is 0 Å². The SMILES string of the molecule is CCOC(=O)C(C)Oc1ccc(NC(=O)c2ccc(Cl)cc2)cc1Cl. The van der Waals surface area contributed by atoms with Gasteiger partial charge in [0, 0.05) is 16.3 Å². The first-order valence-electron chi connectivity index (χ1n) is 7.60. The Labute approximate surface area is 155 Å². The van der Waals surface area contributed by atoms with Gasteiger partial charge >= 0.3 is 5.97 Å². The standard InChI is InChI=1S/C18H17Cl2NO4/c1-3-24-18(23)11(2)25-16-9-8-14(10-15(16)20)21-17(22)12-4-6-13(19)7-5-12/h4-11H,3H2,1-2H3,(H,21,22). The zero-order chi connectivity index (χ0) is 18.4. The molecule has 0 fully saturated rings. The van der Waals surface area contributed by atoms with E-state index in [4.69, 9.17) is 32.7 Å². The molecule has 2 aromatic carbocycles. The van der Waals surface area contributed by atoms with E-state index >= 15 is 0 Å². The lowest BCUT2D eigenvalue weighted by molar-refractivity contribution is -0.150. The fraction of sp³-hybridized carbons (Fsp3) is 0.222. The van der Waals surface area contributed by atoms with Crippen LogP contribution in [0.15, 0.2) is 42.5 Å². The van der Waals surface area contributed by atoms with Crippen molar-refractivity contribution in [3.8, 4) is 5.75 Å². The van der Waals surface area contributed by atoms with Crippen molar-refractivity contribution in [1.82, 2.24) is 0 Å². The molecule has 25 heavy (non-hydrogen) atoms. The van der Waals surface area contributed by atoms with E-state index in [2.05, 4.69) is 5.32 Å². The molecular formula is C18H17Cl2NO4. The van der Waals surface area contributed by atoms with E-state index in [1.807, 2.05) is 0 Å². The minimum Gasteiger partial charge on any atom is -0.477 e. The van der Waals surface area contributed by atoms with E-state index in [-0.39, 0.29) is 17.5 Å². The van der Waals surface area contributed by atoms with Gasteiger partial charge in [-0.05, 0) is 56.3 Å². The highest BCUT2D eigenvalue weighted by molar-refractivity contribution is 6.32. The van der Waals surface area contributed by atoms with E-state index in [0.29, 0.717) is 22.0 Å². The molecule has 0 aromatic heterocycles. The number of ether oxygens (including phenoxy) is 2. The van der Waals surface area contributed by atoms with Gasteiger partial charge in [0.05, 0.1) is 11.6 Å². The smallest absolute Gasteiger partial charge is 0.347 e. The molecule has 1 atom stereocenters. The molecule has 0 saturated carbocycles. The number of hydrogen-bond acceptors (Lipinski definition) is 4. The van der Waals surface area contributed by atoms with Crippen LogP contribution in [0.25, 0.3) is 0 Å². The monoisotopic (exact) mass is 381 g/mol. The number of halogens is 2. The Morgan fingerprint density at radius 3 is 2.40 bits per heavy atom. The van der Waals surface area contributed by atoms with Gasteiger partial charge in [-0.2, -0.15) is 0 Å². The van der Waals surface area contributed by atoms with Crippen LogP contribution in [0.2, 0.25) is 10.0 Å². The second-order valence-corrected chi connectivity index (χ2v) is 5.96. The molecule has 1 amide bonds. The van der Waals surface area contributed by atoms with Gasteiger partial charge < -0.3 is 14.8 Å². The van der Waals surface area contributed by atoms with Crippen LogP contribution in [0.1, 0.15) is 24.2 Å². The summed E-state index contributed by atoms with van der Waals surface area (Å²) in [5.41, 5.74) is 0.970. The van der Waals surface area contributed by atoms with Gasteiger partial charge in [-0.1, -0.05) is 23.2 Å². The third-order valence-electron chi connectivity index (χ3n) is 3.22. The molecule has 2 aromatic rings. The van der Waals surface area contributed by atoms with Crippen molar-refractivity contribution >= 4 is 40.8 Å². The van der Waals surface area contributed by atoms with Crippen molar-refractivity contribution in [2.75, 3.05) is 11.9 Å². The van der Waals surface area contributed by atoms with E-state index in [1.165, 1.54) is 0 Å². The van der Waals surface area contributed by atoms with Crippen molar-refractivity contribution in [2.45, 2.75) is 20.0 Å². The second-order valence-electron chi connectivity index (χ2n) is 5.12. The molecule has 1 unspecified atom stereocenters. The molecule has 2 rings (SSSR count). The Balaban J connectivity index is 2.04. The second kappa shape index (κ2) is 8.74.